The Morgan fingerprint density at radius 1 is 1.40 bits per heavy atom. The Morgan fingerprint density at radius 3 is 2.80 bits per heavy atom. The van der Waals surface area contributed by atoms with Crippen molar-refractivity contribution in [2.45, 2.75) is 6.10 Å². The first-order valence-electron chi connectivity index (χ1n) is 5.04. The highest BCUT2D eigenvalue weighted by Gasteiger charge is 2.27. The summed E-state index contributed by atoms with van der Waals surface area (Å²) < 4.78 is 11.2. The van der Waals surface area contributed by atoms with Crippen LogP contribution in [0.15, 0.2) is 24.3 Å². The summed E-state index contributed by atoms with van der Waals surface area (Å²) in [5, 5.41) is 9.11. The zero-order valence-corrected chi connectivity index (χ0v) is 8.43. The van der Waals surface area contributed by atoms with E-state index in [2.05, 4.69) is 0 Å². The normalized spacial score (nSPS) is 21.1. The molecule has 1 aromatic rings. The van der Waals surface area contributed by atoms with Crippen LogP contribution in [-0.2, 0) is 0 Å². The molecule has 1 aliphatic rings. The van der Waals surface area contributed by atoms with Crippen molar-refractivity contribution in [3.05, 3.63) is 24.3 Å². The van der Waals surface area contributed by atoms with Crippen LogP contribution in [0.25, 0.3) is 0 Å². The molecule has 4 heteroatoms. The van der Waals surface area contributed by atoms with Crippen molar-refractivity contribution in [1.82, 2.24) is 0 Å². The molecule has 82 valence electrons. The maximum Gasteiger partial charge on any atom is 0.161 e. The molecule has 3 N–H and O–H groups in total. The van der Waals surface area contributed by atoms with Gasteiger partial charge in [-0.3, -0.25) is 0 Å². The van der Waals surface area contributed by atoms with E-state index in [0.29, 0.717) is 13.2 Å². The Labute approximate surface area is 88.6 Å². The van der Waals surface area contributed by atoms with Gasteiger partial charge in [0.25, 0.3) is 0 Å². The van der Waals surface area contributed by atoms with Crippen LogP contribution in [0.3, 0.4) is 0 Å². The summed E-state index contributed by atoms with van der Waals surface area (Å²) >= 11 is 0. The standard InChI is InChI=1S/C11H15NO3/c12-5-8(6-13)11-7-14-9-3-1-2-4-10(9)15-11/h1-4,8,11,13H,5-7,12H2. The lowest BCUT2D eigenvalue weighted by atomic mass is 10.0. The summed E-state index contributed by atoms with van der Waals surface area (Å²) in [7, 11) is 0. The van der Waals surface area contributed by atoms with Gasteiger partial charge in [-0.15, -0.1) is 0 Å². The molecule has 2 unspecified atom stereocenters. The zero-order chi connectivity index (χ0) is 10.7. The minimum Gasteiger partial charge on any atom is -0.486 e. The van der Waals surface area contributed by atoms with Gasteiger partial charge in [-0.1, -0.05) is 12.1 Å². The molecule has 0 aromatic heterocycles. The summed E-state index contributed by atoms with van der Waals surface area (Å²) in [6, 6.07) is 7.50. The van der Waals surface area contributed by atoms with Crippen molar-refractivity contribution in [3.8, 4) is 11.5 Å². The molecule has 15 heavy (non-hydrogen) atoms. The third-order valence-corrected chi connectivity index (χ3v) is 2.59. The van der Waals surface area contributed by atoms with Crippen LogP contribution >= 0.6 is 0 Å². The second-order valence-corrected chi connectivity index (χ2v) is 3.59. The number of hydrogen-bond donors (Lipinski definition) is 2. The average Bonchev–Trinajstić information content (AvgIpc) is 2.30. The van der Waals surface area contributed by atoms with Crippen LogP contribution in [0.2, 0.25) is 0 Å². The van der Waals surface area contributed by atoms with Crippen molar-refractivity contribution in [2.75, 3.05) is 19.8 Å². The highest BCUT2D eigenvalue weighted by atomic mass is 16.6. The number of hydrogen-bond acceptors (Lipinski definition) is 4. The van der Waals surface area contributed by atoms with Crippen molar-refractivity contribution >= 4 is 0 Å². The van der Waals surface area contributed by atoms with Crippen LogP contribution < -0.4 is 15.2 Å². The molecular weight excluding hydrogens is 194 g/mol. The maximum atomic E-state index is 9.11. The molecule has 1 aliphatic heterocycles. The minimum absolute atomic E-state index is 0.0205. The molecular formula is C11H15NO3. The van der Waals surface area contributed by atoms with Crippen molar-refractivity contribution in [1.29, 1.82) is 0 Å². The number of aliphatic hydroxyl groups excluding tert-OH is 1. The molecule has 0 aliphatic carbocycles. The summed E-state index contributed by atoms with van der Waals surface area (Å²) in [6.45, 7) is 0.860. The minimum atomic E-state index is -0.158. The number of benzene rings is 1. The zero-order valence-electron chi connectivity index (χ0n) is 8.43. The molecule has 2 rings (SSSR count). The van der Waals surface area contributed by atoms with Gasteiger partial charge in [-0.25, -0.2) is 0 Å². The Bertz CT molecular complexity index is 325. The van der Waals surface area contributed by atoms with Crippen LogP contribution in [0.1, 0.15) is 0 Å². The van der Waals surface area contributed by atoms with Gasteiger partial charge >= 0.3 is 0 Å². The van der Waals surface area contributed by atoms with Gasteiger partial charge in [-0.05, 0) is 12.1 Å². The van der Waals surface area contributed by atoms with E-state index in [0.717, 1.165) is 11.5 Å². The summed E-state index contributed by atoms with van der Waals surface area (Å²) in [6.07, 6.45) is -0.158. The fraction of sp³-hybridized carbons (Fsp3) is 0.455. The lowest BCUT2D eigenvalue weighted by Gasteiger charge is -2.30. The van der Waals surface area contributed by atoms with Gasteiger partial charge in [0, 0.05) is 12.5 Å². The van der Waals surface area contributed by atoms with E-state index in [4.69, 9.17) is 20.3 Å². The summed E-state index contributed by atoms with van der Waals surface area (Å²) in [5.74, 6) is 1.40. The van der Waals surface area contributed by atoms with E-state index < -0.39 is 0 Å². The van der Waals surface area contributed by atoms with E-state index in [-0.39, 0.29) is 18.6 Å². The van der Waals surface area contributed by atoms with E-state index in [1.807, 2.05) is 24.3 Å². The average molecular weight is 209 g/mol. The number of fused-ring (bicyclic) bond motifs is 1. The van der Waals surface area contributed by atoms with Crippen LogP contribution in [0.5, 0.6) is 11.5 Å². The van der Waals surface area contributed by atoms with Crippen molar-refractivity contribution in [2.24, 2.45) is 11.7 Å². The predicted octanol–water partition coefficient (Wildman–Crippen LogP) is 0.394. The first kappa shape index (κ1) is 10.3. The molecule has 1 heterocycles. The smallest absolute Gasteiger partial charge is 0.161 e. The Balaban J connectivity index is 2.11. The van der Waals surface area contributed by atoms with Gasteiger partial charge in [-0.2, -0.15) is 0 Å². The molecule has 0 saturated carbocycles. The van der Waals surface area contributed by atoms with Crippen LogP contribution in [-0.4, -0.2) is 31.0 Å². The topological polar surface area (TPSA) is 64.7 Å². The number of nitrogens with two attached hydrogens (primary N) is 1. The third-order valence-electron chi connectivity index (χ3n) is 2.59. The lowest BCUT2D eigenvalue weighted by molar-refractivity contribution is 0.0282. The van der Waals surface area contributed by atoms with Gasteiger partial charge in [0.05, 0.1) is 6.61 Å². The van der Waals surface area contributed by atoms with Crippen molar-refractivity contribution < 1.29 is 14.6 Å². The predicted molar refractivity (Wildman–Crippen MR) is 56.0 cm³/mol. The van der Waals surface area contributed by atoms with E-state index in [1.54, 1.807) is 0 Å². The highest BCUT2D eigenvalue weighted by Crippen LogP contribution is 2.32. The molecule has 1 aromatic carbocycles. The Hall–Kier alpha value is -1.26. The fourth-order valence-electron chi connectivity index (χ4n) is 1.61. The third kappa shape index (κ3) is 2.06. The molecule has 2 atom stereocenters. The number of rotatable bonds is 3. The van der Waals surface area contributed by atoms with Gasteiger partial charge in [0.2, 0.25) is 0 Å². The quantitative estimate of drug-likeness (QED) is 0.756. The van der Waals surface area contributed by atoms with E-state index in [9.17, 15) is 0 Å². The number of ether oxygens (including phenoxy) is 2. The molecule has 0 fully saturated rings. The highest BCUT2D eigenvalue weighted by molar-refractivity contribution is 5.40. The summed E-state index contributed by atoms with van der Waals surface area (Å²) in [5.41, 5.74) is 5.54. The van der Waals surface area contributed by atoms with Gasteiger partial charge in [0.15, 0.2) is 11.5 Å². The van der Waals surface area contributed by atoms with Crippen LogP contribution in [0.4, 0.5) is 0 Å². The molecule has 0 amide bonds. The summed E-state index contributed by atoms with van der Waals surface area (Å²) in [4.78, 5) is 0. The van der Waals surface area contributed by atoms with Gasteiger partial charge < -0.3 is 20.3 Å². The maximum absolute atomic E-state index is 9.11. The molecule has 0 saturated heterocycles. The van der Waals surface area contributed by atoms with Gasteiger partial charge in [0.1, 0.15) is 12.7 Å². The van der Waals surface area contributed by atoms with Crippen LogP contribution in [0, 0.1) is 5.92 Å². The molecule has 4 nitrogen and oxygen atoms in total. The second kappa shape index (κ2) is 4.51. The fourth-order valence-corrected chi connectivity index (χ4v) is 1.61. The van der Waals surface area contributed by atoms with E-state index >= 15 is 0 Å². The van der Waals surface area contributed by atoms with Crippen molar-refractivity contribution in [3.63, 3.8) is 0 Å². The molecule has 0 bridgehead atoms. The largest absolute Gasteiger partial charge is 0.486 e. The number of para-hydroxylation sites is 2. The molecule has 0 spiro atoms. The SMILES string of the molecule is NCC(CO)C1COc2ccccc2O1. The monoisotopic (exact) mass is 209 g/mol. The first-order chi connectivity index (χ1) is 7.35. The first-order valence-corrected chi connectivity index (χ1v) is 5.04. The van der Waals surface area contributed by atoms with E-state index in [1.165, 1.54) is 0 Å². The Kier molecular flexibility index (Phi) is 3.08. The Morgan fingerprint density at radius 2 is 2.13 bits per heavy atom. The second-order valence-electron chi connectivity index (χ2n) is 3.59. The lowest BCUT2D eigenvalue weighted by Crippen LogP contribution is -2.41. The molecule has 0 radical (unpaired) electrons. The number of aliphatic hydroxyl groups is 1.